The van der Waals surface area contributed by atoms with Crippen molar-refractivity contribution in [1.29, 1.82) is 0 Å². The fourth-order valence-electron chi connectivity index (χ4n) is 1.89. The van der Waals surface area contributed by atoms with Crippen LogP contribution in [-0.2, 0) is 16.0 Å². The minimum Gasteiger partial charge on any atom is -0.394 e. The first-order valence-electron chi connectivity index (χ1n) is 6.31. The number of aliphatic hydroxyl groups excluding tert-OH is 1. The van der Waals surface area contributed by atoms with Gasteiger partial charge in [-0.05, 0) is 29.1 Å². The molecule has 0 saturated heterocycles. The number of carbonyl (C=O) groups is 1. The van der Waals surface area contributed by atoms with Crippen LogP contribution in [0, 0.1) is 0 Å². The topological polar surface area (TPSA) is 74.4 Å². The van der Waals surface area contributed by atoms with Crippen molar-refractivity contribution in [2.75, 3.05) is 26.4 Å². The molecule has 1 aromatic carbocycles. The maximum atomic E-state index is 11.7. The first-order chi connectivity index (χ1) is 9.29. The van der Waals surface area contributed by atoms with Gasteiger partial charge in [-0.2, -0.15) is 0 Å². The molecule has 0 aliphatic heterocycles. The van der Waals surface area contributed by atoms with Crippen molar-refractivity contribution in [3.05, 3.63) is 36.0 Å². The van der Waals surface area contributed by atoms with Crippen LogP contribution in [0.1, 0.15) is 5.56 Å². The number of hydrogen-bond acceptors (Lipinski definition) is 3. The minimum absolute atomic E-state index is 0.00459. The van der Waals surface area contributed by atoms with Gasteiger partial charge in [-0.1, -0.05) is 6.07 Å². The number of aromatic nitrogens is 1. The quantitative estimate of drug-likeness (QED) is 0.647. The van der Waals surface area contributed by atoms with Crippen molar-refractivity contribution in [2.45, 2.75) is 6.42 Å². The van der Waals surface area contributed by atoms with Crippen molar-refractivity contribution in [3.8, 4) is 0 Å². The van der Waals surface area contributed by atoms with E-state index >= 15 is 0 Å². The van der Waals surface area contributed by atoms with E-state index in [1.165, 1.54) is 0 Å². The standard InChI is InChI=1S/C14H18N2O3/c17-6-8-19-7-5-16-14(18)10-11-1-2-13-12(9-11)3-4-15-13/h1-4,9,15,17H,5-8,10H2,(H,16,18). The number of benzene rings is 1. The van der Waals surface area contributed by atoms with E-state index in [-0.39, 0.29) is 12.5 Å². The molecule has 0 aliphatic carbocycles. The van der Waals surface area contributed by atoms with Gasteiger partial charge in [-0.3, -0.25) is 4.79 Å². The molecule has 1 aromatic heterocycles. The average Bonchev–Trinajstić information content (AvgIpc) is 2.86. The number of ether oxygens (including phenoxy) is 1. The van der Waals surface area contributed by atoms with Gasteiger partial charge in [0.05, 0.1) is 26.2 Å². The van der Waals surface area contributed by atoms with Gasteiger partial charge in [0.1, 0.15) is 0 Å². The Balaban J connectivity index is 1.78. The van der Waals surface area contributed by atoms with Crippen LogP contribution in [0.4, 0.5) is 0 Å². The molecule has 2 aromatic rings. The summed E-state index contributed by atoms with van der Waals surface area (Å²) in [7, 11) is 0. The van der Waals surface area contributed by atoms with E-state index in [0.29, 0.717) is 26.2 Å². The van der Waals surface area contributed by atoms with Crippen molar-refractivity contribution < 1.29 is 14.6 Å². The molecule has 3 N–H and O–H groups in total. The Morgan fingerprint density at radius 2 is 2.21 bits per heavy atom. The van der Waals surface area contributed by atoms with Crippen LogP contribution in [0.25, 0.3) is 10.9 Å². The molecular weight excluding hydrogens is 244 g/mol. The molecule has 0 atom stereocenters. The highest BCUT2D eigenvalue weighted by molar-refractivity contribution is 5.83. The van der Waals surface area contributed by atoms with E-state index in [1.54, 1.807) is 0 Å². The molecule has 0 spiro atoms. The normalized spacial score (nSPS) is 10.8. The summed E-state index contributed by atoms with van der Waals surface area (Å²) in [6, 6.07) is 7.91. The number of aliphatic hydroxyl groups is 1. The Kier molecular flexibility index (Phi) is 4.94. The molecule has 19 heavy (non-hydrogen) atoms. The Bertz CT molecular complexity index is 536. The van der Waals surface area contributed by atoms with Crippen LogP contribution >= 0.6 is 0 Å². The first-order valence-corrected chi connectivity index (χ1v) is 6.31. The minimum atomic E-state index is -0.0255. The zero-order valence-electron chi connectivity index (χ0n) is 10.7. The van der Waals surface area contributed by atoms with Crippen molar-refractivity contribution in [3.63, 3.8) is 0 Å². The molecule has 5 nitrogen and oxygen atoms in total. The molecule has 0 fully saturated rings. The summed E-state index contributed by atoms with van der Waals surface area (Å²) in [6.45, 7) is 1.19. The first kappa shape index (κ1) is 13.6. The third-order valence-electron chi connectivity index (χ3n) is 2.79. The zero-order chi connectivity index (χ0) is 13.5. The average molecular weight is 262 g/mol. The lowest BCUT2D eigenvalue weighted by atomic mass is 10.1. The number of carbonyl (C=O) groups excluding carboxylic acids is 1. The summed E-state index contributed by atoms with van der Waals surface area (Å²) in [4.78, 5) is 14.8. The van der Waals surface area contributed by atoms with Crippen LogP contribution in [0.3, 0.4) is 0 Å². The monoisotopic (exact) mass is 262 g/mol. The fourth-order valence-corrected chi connectivity index (χ4v) is 1.89. The molecule has 1 heterocycles. The van der Waals surface area contributed by atoms with Crippen molar-refractivity contribution in [2.24, 2.45) is 0 Å². The summed E-state index contributed by atoms with van der Waals surface area (Å²) in [5.41, 5.74) is 2.06. The van der Waals surface area contributed by atoms with Crippen LogP contribution in [-0.4, -0.2) is 42.4 Å². The van der Waals surface area contributed by atoms with Gasteiger partial charge < -0.3 is 20.1 Å². The van der Waals surface area contributed by atoms with E-state index in [9.17, 15) is 4.79 Å². The second-order valence-corrected chi connectivity index (χ2v) is 4.26. The highest BCUT2D eigenvalue weighted by Gasteiger charge is 2.04. The van der Waals surface area contributed by atoms with Crippen LogP contribution in [0.15, 0.2) is 30.5 Å². The molecule has 1 amide bonds. The van der Waals surface area contributed by atoms with Gasteiger partial charge in [0.25, 0.3) is 0 Å². The summed E-state index contributed by atoms with van der Waals surface area (Å²) < 4.78 is 5.06. The largest absolute Gasteiger partial charge is 0.394 e. The Morgan fingerprint density at radius 3 is 3.05 bits per heavy atom. The van der Waals surface area contributed by atoms with Crippen LogP contribution in [0.5, 0.6) is 0 Å². The third-order valence-corrected chi connectivity index (χ3v) is 2.79. The van der Waals surface area contributed by atoms with Crippen LogP contribution in [0.2, 0.25) is 0 Å². The SMILES string of the molecule is O=C(Cc1ccc2[nH]ccc2c1)NCCOCCO. The van der Waals surface area contributed by atoms with E-state index < -0.39 is 0 Å². The lowest BCUT2D eigenvalue weighted by Gasteiger charge is -2.06. The van der Waals surface area contributed by atoms with E-state index in [0.717, 1.165) is 16.5 Å². The smallest absolute Gasteiger partial charge is 0.224 e. The van der Waals surface area contributed by atoms with Crippen LogP contribution < -0.4 is 5.32 Å². The highest BCUT2D eigenvalue weighted by atomic mass is 16.5. The maximum absolute atomic E-state index is 11.7. The number of rotatable bonds is 7. The Morgan fingerprint density at radius 1 is 1.32 bits per heavy atom. The van der Waals surface area contributed by atoms with Gasteiger partial charge in [-0.15, -0.1) is 0 Å². The lowest BCUT2D eigenvalue weighted by Crippen LogP contribution is -2.28. The van der Waals surface area contributed by atoms with E-state index in [2.05, 4.69) is 10.3 Å². The Hall–Kier alpha value is -1.85. The summed E-state index contributed by atoms with van der Waals surface area (Å²) in [5.74, 6) is -0.0255. The lowest BCUT2D eigenvalue weighted by molar-refractivity contribution is -0.120. The number of amides is 1. The van der Waals surface area contributed by atoms with E-state index in [4.69, 9.17) is 9.84 Å². The zero-order valence-corrected chi connectivity index (χ0v) is 10.7. The van der Waals surface area contributed by atoms with Gasteiger partial charge in [-0.25, -0.2) is 0 Å². The number of aromatic amines is 1. The molecule has 0 saturated carbocycles. The summed E-state index contributed by atoms with van der Waals surface area (Å²) in [5, 5.41) is 12.4. The molecule has 102 valence electrons. The predicted octanol–water partition coefficient (Wildman–Crippen LogP) is 0.836. The molecule has 0 aliphatic rings. The van der Waals surface area contributed by atoms with Gasteiger partial charge >= 0.3 is 0 Å². The second-order valence-electron chi connectivity index (χ2n) is 4.26. The van der Waals surface area contributed by atoms with Gasteiger partial charge in [0.2, 0.25) is 5.91 Å². The Labute approximate surface area is 111 Å². The number of H-pyrrole nitrogens is 1. The van der Waals surface area contributed by atoms with E-state index in [1.807, 2.05) is 30.5 Å². The fraction of sp³-hybridized carbons (Fsp3) is 0.357. The molecule has 0 radical (unpaired) electrons. The van der Waals surface area contributed by atoms with Gasteiger partial charge in [0.15, 0.2) is 0 Å². The highest BCUT2D eigenvalue weighted by Crippen LogP contribution is 2.14. The molecule has 2 rings (SSSR count). The second kappa shape index (κ2) is 6.92. The number of hydrogen-bond donors (Lipinski definition) is 3. The molecule has 5 heteroatoms. The number of nitrogens with one attached hydrogen (secondary N) is 2. The number of fused-ring (bicyclic) bond motifs is 1. The third kappa shape index (κ3) is 4.08. The van der Waals surface area contributed by atoms with Crippen molar-refractivity contribution >= 4 is 16.8 Å². The van der Waals surface area contributed by atoms with Gasteiger partial charge in [0, 0.05) is 18.3 Å². The predicted molar refractivity (Wildman–Crippen MR) is 72.9 cm³/mol. The maximum Gasteiger partial charge on any atom is 0.224 e. The van der Waals surface area contributed by atoms with Crippen molar-refractivity contribution in [1.82, 2.24) is 10.3 Å². The molecule has 0 unspecified atom stereocenters. The summed E-state index contributed by atoms with van der Waals surface area (Å²) in [6.07, 6.45) is 2.24. The molecular formula is C14H18N2O3. The molecule has 0 bridgehead atoms. The summed E-state index contributed by atoms with van der Waals surface area (Å²) >= 11 is 0.